The molecule has 2 heterocycles. The zero-order valence-electron chi connectivity index (χ0n) is 13.8. The van der Waals surface area contributed by atoms with Crippen molar-refractivity contribution in [3.63, 3.8) is 0 Å². The van der Waals surface area contributed by atoms with Crippen molar-refractivity contribution in [3.8, 4) is 16.9 Å². The van der Waals surface area contributed by atoms with Crippen LogP contribution in [0.4, 0.5) is 0 Å². The molecule has 0 aliphatic heterocycles. The van der Waals surface area contributed by atoms with Gasteiger partial charge >= 0.3 is 0 Å². The number of nitrogens with zero attached hydrogens (tertiary/aromatic N) is 3. The highest BCUT2D eigenvalue weighted by Gasteiger charge is 2.16. The van der Waals surface area contributed by atoms with Crippen LogP contribution in [0.5, 0.6) is 0 Å². The van der Waals surface area contributed by atoms with E-state index in [1.807, 2.05) is 59.4 Å². The number of para-hydroxylation sites is 2. The Morgan fingerprint density at radius 1 is 0.769 bits per heavy atom. The van der Waals surface area contributed by atoms with Crippen LogP contribution < -0.4 is 0 Å². The topological polar surface area (TPSA) is 30.7 Å². The van der Waals surface area contributed by atoms with Crippen molar-refractivity contribution in [1.82, 2.24) is 14.8 Å². The summed E-state index contributed by atoms with van der Waals surface area (Å²) in [5.41, 5.74) is 5.09. The molecule has 5 aromatic rings. The van der Waals surface area contributed by atoms with Crippen LogP contribution in [0, 0.1) is 0 Å². The van der Waals surface area contributed by atoms with E-state index in [-0.39, 0.29) is 0 Å². The normalized spacial score (nSPS) is 11.3. The second-order valence-corrected chi connectivity index (χ2v) is 7.06. The zero-order chi connectivity index (χ0) is 17.5. The number of rotatable bonds is 2. The van der Waals surface area contributed by atoms with Gasteiger partial charge in [-0.1, -0.05) is 64.5 Å². The molecule has 0 N–H and O–H groups in total. The summed E-state index contributed by atoms with van der Waals surface area (Å²) in [4.78, 5) is 4.66. The van der Waals surface area contributed by atoms with Gasteiger partial charge in [0.1, 0.15) is 5.69 Å². The number of hydrogen-bond acceptors (Lipinski definition) is 2. The van der Waals surface area contributed by atoms with Crippen LogP contribution in [0.15, 0.2) is 89.5 Å². The van der Waals surface area contributed by atoms with Crippen molar-refractivity contribution in [2.75, 3.05) is 0 Å². The summed E-state index contributed by atoms with van der Waals surface area (Å²) in [7, 11) is 0. The predicted molar refractivity (Wildman–Crippen MR) is 110 cm³/mol. The van der Waals surface area contributed by atoms with Gasteiger partial charge in [0.15, 0.2) is 0 Å². The maximum Gasteiger partial charge on any atom is 0.102 e. The second-order valence-electron chi connectivity index (χ2n) is 6.14. The molecule has 0 atom stereocenters. The Labute approximate surface area is 159 Å². The van der Waals surface area contributed by atoms with E-state index in [2.05, 4.69) is 51.2 Å². The van der Waals surface area contributed by atoms with Gasteiger partial charge in [0.2, 0.25) is 0 Å². The quantitative estimate of drug-likeness (QED) is 0.364. The van der Waals surface area contributed by atoms with E-state index in [1.54, 1.807) is 0 Å². The molecule has 26 heavy (non-hydrogen) atoms. The molecule has 0 unspecified atom stereocenters. The van der Waals surface area contributed by atoms with Gasteiger partial charge in [-0.15, -0.1) is 0 Å². The van der Waals surface area contributed by atoms with Gasteiger partial charge in [0.25, 0.3) is 0 Å². The second kappa shape index (κ2) is 6.07. The first-order valence-electron chi connectivity index (χ1n) is 8.39. The molecule has 3 aromatic carbocycles. The van der Waals surface area contributed by atoms with Crippen LogP contribution in [0.2, 0.25) is 0 Å². The minimum atomic E-state index is 0.934. The van der Waals surface area contributed by atoms with Crippen molar-refractivity contribution in [3.05, 3.63) is 89.5 Å². The minimum absolute atomic E-state index is 0.934. The highest BCUT2D eigenvalue weighted by molar-refractivity contribution is 9.10. The molecule has 0 spiro atoms. The highest BCUT2D eigenvalue weighted by atomic mass is 79.9. The molecule has 0 saturated carbocycles. The summed E-state index contributed by atoms with van der Waals surface area (Å²) in [5.74, 6) is 0. The molecule has 0 aliphatic carbocycles. The van der Waals surface area contributed by atoms with Crippen LogP contribution in [-0.4, -0.2) is 14.8 Å². The Kier molecular flexibility index (Phi) is 3.57. The van der Waals surface area contributed by atoms with Gasteiger partial charge in [0.05, 0.1) is 16.7 Å². The largest absolute Gasteiger partial charge is 0.255 e. The first kappa shape index (κ1) is 15.3. The summed E-state index contributed by atoms with van der Waals surface area (Å²) in [6.45, 7) is 0. The number of hydrogen-bond donors (Lipinski definition) is 0. The third-order valence-electron chi connectivity index (χ3n) is 4.51. The average molecular weight is 400 g/mol. The van der Waals surface area contributed by atoms with Crippen molar-refractivity contribution in [1.29, 1.82) is 0 Å². The third kappa shape index (κ3) is 2.42. The molecule has 0 bridgehead atoms. The Morgan fingerprint density at radius 3 is 2.42 bits per heavy atom. The van der Waals surface area contributed by atoms with Crippen LogP contribution in [0.3, 0.4) is 0 Å². The van der Waals surface area contributed by atoms with Crippen LogP contribution in [-0.2, 0) is 0 Å². The Bertz CT molecular complexity index is 1240. The average Bonchev–Trinajstić information content (AvgIpc) is 3.09. The van der Waals surface area contributed by atoms with E-state index in [9.17, 15) is 0 Å². The summed E-state index contributed by atoms with van der Waals surface area (Å²) >= 11 is 3.56. The van der Waals surface area contributed by atoms with Gasteiger partial charge in [-0.25, -0.2) is 4.68 Å². The lowest BCUT2D eigenvalue weighted by atomic mass is 10.1. The molecule has 124 valence electrons. The lowest BCUT2D eigenvalue weighted by molar-refractivity contribution is 0.917. The van der Waals surface area contributed by atoms with Gasteiger partial charge in [0, 0.05) is 27.0 Å². The Balaban J connectivity index is 1.92. The first-order valence-corrected chi connectivity index (χ1v) is 9.18. The molecule has 0 aliphatic rings. The van der Waals surface area contributed by atoms with E-state index in [4.69, 9.17) is 5.10 Å². The molecule has 0 saturated heterocycles. The Hall–Kier alpha value is -2.98. The molecule has 0 amide bonds. The van der Waals surface area contributed by atoms with E-state index >= 15 is 0 Å². The van der Waals surface area contributed by atoms with E-state index in [1.165, 1.54) is 0 Å². The molecule has 0 radical (unpaired) electrons. The molecule has 5 rings (SSSR count). The number of fused-ring (bicyclic) bond motifs is 3. The van der Waals surface area contributed by atoms with E-state index < -0.39 is 0 Å². The fourth-order valence-electron chi connectivity index (χ4n) is 3.34. The maximum absolute atomic E-state index is 4.98. The van der Waals surface area contributed by atoms with Gasteiger partial charge < -0.3 is 0 Å². The maximum atomic E-state index is 4.98. The standard InChI is InChI=1S/C22H14BrN3/c23-16-8-6-7-15(13-16)21-19-14-24-20-12-5-4-11-18(20)22(19)26(25-21)17-9-2-1-3-10-17/h1-14H. The summed E-state index contributed by atoms with van der Waals surface area (Å²) in [6.07, 6.45) is 1.93. The van der Waals surface area contributed by atoms with Crippen LogP contribution in [0.25, 0.3) is 38.8 Å². The lowest BCUT2D eigenvalue weighted by Gasteiger charge is -2.05. The zero-order valence-corrected chi connectivity index (χ0v) is 15.4. The number of aromatic nitrogens is 3. The summed E-state index contributed by atoms with van der Waals surface area (Å²) < 4.78 is 3.06. The Morgan fingerprint density at radius 2 is 1.58 bits per heavy atom. The summed E-state index contributed by atoms with van der Waals surface area (Å²) in [5, 5.41) is 7.12. The van der Waals surface area contributed by atoms with Crippen molar-refractivity contribution >= 4 is 37.7 Å². The highest BCUT2D eigenvalue weighted by Crippen LogP contribution is 2.34. The SMILES string of the molecule is Brc1cccc(-c2nn(-c3ccccc3)c3c2cnc2ccccc23)c1. The van der Waals surface area contributed by atoms with E-state index in [0.717, 1.165) is 43.2 Å². The molecule has 3 nitrogen and oxygen atoms in total. The monoisotopic (exact) mass is 399 g/mol. The van der Waals surface area contributed by atoms with Crippen molar-refractivity contribution in [2.45, 2.75) is 0 Å². The smallest absolute Gasteiger partial charge is 0.102 e. The van der Waals surface area contributed by atoms with E-state index in [0.29, 0.717) is 0 Å². The molecular weight excluding hydrogens is 386 g/mol. The number of benzene rings is 3. The van der Waals surface area contributed by atoms with Crippen molar-refractivity contribution in [2.24, 2.45) is 0 Å². The van der Waals surface area contributed by atoms with Gasteiger partial charge in [-0.05, 0) is 30.3 Å². The third-order valence-corrected chi connectivity index (χ3v) is 5.01. The number of halogens is 1. The fourth-order valence-corrected chi connectivity index (χ4v) is 3.74. The molecule has 0 fully saturated rings. The summed E-state index contributed by atoms with van der Waals surface area (Å²) in [6, 6.07) is 26.7. The first-order chi connectivity index (χ1) is 12.8. The molecule has 2 aromatic heterocycles. The predicted octanol–water partition coefficient (Wildman–Crippen LogP) is 6.00. The van der Waals surface area contributed by atoms with Crippen LogP contribution >= 0.6 is 15.9 Å². The fraction of sp³-hybridized carbons (Fsp3) is 0. The molecule has 4 heteroatoms. The van der Waals surface area contributed by atoms with Gasteiger partial charge in [-0.3, -0.25) is 4.98 Å². The molecular formula is C22H14BrN3. The minimum Gasteiger partial charge on any atom is -0.255 e. The lowest BCUT2D eigenvalue weighted by Crippen LogP contribution is -1.96. The van der Waals surface area contributed by atoms with Crippen molar-refractivity contribution < 1.29 is 0 Å². The van der Waals surface area contributed by atoms with Gasteiger partial charge in [-0.2, -0.15) is 5.10 Å². The van der Waals surface area contributed by atoms with Crippen LogP contribution in [0.1, 0.15) is 0 Å². The number of pyridine rings is 1.